The van der Waals surface area contributed by atoms with Crippen molar-refractivity contribution in [1.82, 2.24) is 9.97 Å². The molecule has 7 heteroatoms. The molecule has 3 heterocycles. The second-order valence-corrected chi connectivity index (χ2v) is 8.09. The number of nitrogens with zero attached hydrogens (tertiary/aromatic N) is 1. The van der Waals surface area contributed by atoms with E-state index >= 15 is 0 Å². The van der Waals surface area contributed by atoms with Gasteiger partial charge < -0.3 is 14.7 Å². The number of fused-ring (bicyclic) bond motifs is 1. The summed E-state index contributed by atoms with van der Waals surface area (Å²) in [5.74, 6) is 2.41. The van der Waals surface area contributed by atoms with Crippen LogP contribution in [0.2, 0.25) is 0 Å². The zero-order valence-electron chi connectivity index (χ0n) is 15.6. The molecule has 27 heavy (non-hydrogen) atoms. The molecule has 4 rings (SSSR count). The third-order valence-electron chi connectivity index (χ3n) is 5.02. The van der Waals surface area contributed by atoms with Crippen molar-refractivity contribution in [2.24, 2.45) is 0 Å². The van der Waals surface area contributed by atoms with Crippen molar-refractivity contribution in [3.8, 4) is 0 Å². The van der Waals surface area contributed by atoms with E-state index in [0.717, 1.165) is 42.9 Å². The van der Waals surface area contributed by atoms with Crippen molar-refractivity contribution in [2.45, 2.75) is 57.0 Å². The standard InChI is InChI=1S/C20H23N3O3S/c1-3-4-10-27-20-22-18-17(19(25)23-20)16(14-9-8-11(2)26-14)15-12(21-18)6-5-7-13(15)24/h8-9,16H,3-7,10H2,1-2H3,(H2,21,22,23,25)/t16-/m1/s1. The van der Waals surface area contributed by atoms with E-state index in [0.29, 0.717) is 34.3 Å². The number of aromatic nitrogens is 2. The first-order valence-corrected chi connectivity index (χ1v) is 10.4. The average molecular weight is 385 g/mol. The summed E-state index contributed by atoms with van der Waals surface area (Å²) >= 11 is 1.55. The predicted octanol–water partition coefficient (Wildman–Crippen LogP) is 4.13. The van der Waals surface area contributed by atoms with Crippen molar-refractivity contribution in [1.29, 1.82) is 0 Å². The van der Waals surface area contributed by atoms with Crippen LogP contribution in [0.5, 0.6) is 0 Å². The number of unbranched alkanes of at least 4 members (excludes halogenated alkanes) is 1. The Bertz CT molecular complexity index is 973. The lowest BCUT2D eigenvalue weighted by Crippen LogP contribution is -2.32. The first-order chi connectivity index (χ1) is 13.1. The highest BCUT2D eigenvalue weighted by atomic mass is 32.2. The normalized spacial score (nSPS) is 18.9. The van der Waals surface area contributed by atoms with E-state index in [1.165, 1.54) is 0 Å². The fourth-order valence-corrected chi connectivity index (χ4v) is 4.66. The predicted molar refractivity (Wildman–Crippen MR) is 105 cm³/mol. The van der Waals surface area contributed by atoms with Crippen molar-refractivity contribution in [3.05, 3.63) is 50.8 Å². The average Bonchev–Trinajstić information content (AvgIpc) is 3.06. The fourth-order valence-electron chi connectivity index (χ4n) is 3.72. The van der Waals surface area contributed by atoms with Crippen molar-refractivity contribution < 1.29 is 9.21 Å². The van der Waals surface area contributed by atoms with Crippen LogP contribution in [0.4, 0.5) is 5.82 Å². The van der Waals surface area contributed by atoms with Gasteiger partial charge in [-0.25, -0.2) is 4.98 Å². The van der Waals surface area contributed by atoms with Gasteiger partial charge in [-0.3, -0.25) is 9.59 Å². The van der Waals surface area contributed by atoms with Gasteiger partial charge in [-0.05, 0) is 38.3 Å². The van der Waals surface area contributed by atoms with Crippen LogP contribution in [-0.2, 0) is 4.79 Å². The van der Waals surface area contributed by atoms with Gasteiger partial charge in [0.15, 0.2) is 10.9 Å². The number of hydrogen-bond acceptors (Lipinski definition) is 6. The van der Waals surface area contributed by atoms with Crippen LogP contribution >= 0.6 is 11.8 Å². The number of H-pyrrole nitrogens is 1. The molecule has 2 aromatic heterocycles. The lowest BCUT2D eigenvalue weighted by atomic mass is 9.79. The second kappa shape index (κ2) is 7.38. The Hall–Kier alpha value is -2.28. The summed E-state index contributed by atoms with van der Waals surface area (Å²) in [6.07, 6.45) is 4.26. The zero-order chi connectivity index (χ0) is 19.0. The maximum Gasteiger partial charge on any atom is 0.257 e. The van der Waals surface area contributed by atoms with Crippen molar-refractivity contribution in [3.63, 3.8) is 0 Å². The van der Waals surface area contributed by atoms with Gasteiger partial charge in [0.05, 0.1) is 11.5 Å². The number of hydrogen-bond donors (Lipinski definition) is 2. The van der Waals surface area contributed by atoms with Crippen LogP contribution in [-0.4, -0.2) is 21.5 Å². The Labute approximate surface area is 161 Å². The van der Waals surface area contributed by atoms with E-state index in [-0.39, 0.29) is 11.3 Å². The van der Waals surface area contributed by atoms with E-state index in [1.54, 1.807) is 11.8 Å². The quantitative estimate of drug-likeness (QED) is 0.457. The molecule has 1 aliphatic heterocycles. The van der Waals surface area contributed by atoms with E-state index in [9.17, 15) is 9.59 Å². The molecule has 0 saturated carbocycles. The summed E-state index contributed by atoms with van der Waals surface area (Å²) in [5.41, 5.74) is 1.79. The van der Waals surface area contributed by atoms with E-state index in [4.69, 9.17) is 4.42 Å². The molecule has 0 bridgehead atoms. The first kappa shape index (κ1) is 18.1. The number of ketones is 1. The van der Waals surface area contributed by atoms with E-state index in [2.05, 4.69) is 22.2 Å². The molecule has 142 valence electrons. The van der Waals surface area contributed by atoms with Crippen LogP contribution in [0.25, 0.3) is 0 Å². The molecule has 0 amide bonds. The number of aromatic amines is 1. The van der Waals surface area contributed by atoms with E-state index < -0.39 is 5.92 Å². The second-order valence-electron chi connectivity index (χ2n) is 7.01. The summed E-state index contributed by atoms with van der Waals surface area (Å²) in [6.45, 7) is 3.99. The number of nitrogens with one attached hydrogen (secondary N) is 2. The summed E-state index contributed by atoms with van der Waals surface area (Å²) in [4.78, 5) is 33.2. The number of thioether (sulfide) groups is 1. The summed E-state index contributed by atoms with van der Waals surface area (Å²) in [6, 6.07) is 3.71. The van der Waals surface area contributed by atoms with Gasteiger partial charge in [-0.2, -0.15) is 0 Å². The van der Waals surface area contributed by atoms with Gasteiger partial charge in [0, 0.05) is 23.4 Å². The SMILES string of the molecule is CCCCSc1nc2c(c(=O)[nH]1)[C@H](c1ccc(C)o1)C1=C(CCCC1=O)N2. The largest absolute Gasteiger partial charge is 0.465 e. The van der Waals surface area contributed by atoms with Gasteiger partial charge in [0.1, 0.15) is 17.3 Å². The zero-order valence-corrected chi connectivity index (χ0v) is 16.4. The summed E-state index contributed by atoms with van der Waals surface area (Å²) in [5, 5.41) is 3.89. The van der Waals surface area contributed by atoms with Gasteiger partial charge in [0.25, 0.3) is 5.56 Å². The maximum atomic E-state index is 13.0. The molecule has 2 aliphatic rings. The number of furan rings is 1. The van der Waals surface area contributed by atoms with Gasteiger partial charge in [-0.15, -0.1) is 0 Å². The number of Topliss-reactive ketones (excluding diaryl/α,β-unsaturated/α-hetero) is 1. The maximum absolute atomic E-state index is 13.0. The van der Waals surface area contributed by atoms with Gasteiger partial charge in [-0.1, -0.05) is 25.1 Å². The lowest BCUT2D eigenvalue weighted by Gasteiger charge is -2.31. The fraction of sp³-hybridized carbons (Fsp3) is 0.450. The van der Waals surface area contributed by atoms with E-state index in [1.807, 2.05) is 19.1 Å². The Kier molecular flexibility index (Phi) is 4.95. The highest BCUT2D eigenvalue weighted by Gasteiger charge is 2.39. The molecule has 2 aromatic rings. The molecule has 0 unspecified atom stereocenters. The van der Waals surface area contributed by atoms with Crippen LogP contribution in [0.1, 0.15) is 62.0 Å². The Balaban J connectivity index is 1.83. The van der Waals surface area contributed by atoms with Crippen molar-refractivity contribution >= 4 is 23.4 Å². The third kappa shape index (κ3) is 3.36. The highest BCUT2D eigenvalue weighted by molar-refractivity contribution is 7.99. The van der Waals surface area contributed by atoms with Crippen LogP contribution in [0.3, 0.4) is 0 Å². The molecule has 1 atom stereocenters. The molecule has 0 fully saturated rings. The van der Waals surface area contributed by atoms with Gasteiger partial charge >= 0.3 is 0 Å². The number of allylic oxidation sites excluding steroid dienone is 2. The molecule has 0 aromatic carbocycles. The van der Waals surface area contributed by atoms with Crippen LogP contribution in [0.15, 0.2) is 37.8 Å². The first-order valence-electron chi connectivity index (χ1n) is 9.45. The molecule has 0 saturated heterocycles. The Morgan fingerprint density at radius 3 is 2.89 bits per heavy atom. The minimum absolute atomic E-state index is 0.0780. The molecule has 1 aliphatic carbocycles. The van der Waals surface area contributed by atoms with Crippen molar-refractivity contribution in [2.75, 3.05) is 11.1 Å². The molecule has 0 radical (unpaired) electrons. The number of rotatable bonds is 5. The minimum Gasteiger partial charge on any atom is -0.465 e. The number of anilines is 1. The number of carbonyl (C=O) groups is 1. The highest BCUT2D eigenvalue weighted by Crippen LogP contribution is 2.43. The molecule has 0 spiro atoms. The topological polar surface area (TPSA) is 88.0 Å². The van der Waals surface area contributed by atoms with Crippen LogP contribution < -0.4 is 10.9 Å². The molecular weight excluding hydrogens is 362 g/mol. The minimum atomic E-state index is -0.497. The molecular formula is C20H23N3O3S. The molecule has 2 N–H and O–H groups in total. The Morgan fingerprint density at radius 2 is 2.15 bits per heavy atom. The summed E-state index contributed by atoms with van der Waals surface area (Å²) in [7, 11) is 0. The molecule has 6 nitrogen and oxygen atoms in total. The van der Waals surface area contributed by atoms with Gasteiger partial charge in [0.2, 0.25) is 0 Å². The number of carbonyl (C=O) groups excluding carboxylic acids is 1. The third-order valence-corrected chi connectivity index (χ3v) is 5.98. The smallest absolute Gasteiger partial charge is 0.257 e. The van der Waals surface area contributed by atoms with Crippen LogP contribution in [0, 0.1) is 6.92 Å². The Morgan fingerprint density at radius 1 is 1.30 bits per heavy atom. The summed E-state index contributed by atoms with van der Waals surface area (Å²) < 4.78 is 5.84. The monoisotopic (exact) mass is 385 g/mol. The lowest BCUT2D eigenvalue weighted by molar-refractivity contribution is -0.116. The number of aryl methyl sites for hydroxylation is 1.